The number of ether oxygens (including phenoxy) is 1. The largest absolute Gasteiger partial charge is 0.384 e. The van der Waals surface area contributed by atoms with Gasteiger partial charge in [0, 0.05) is 36.4 Å². The molecule has 1 rings (SSSR count). The van der Waals surface area contributed by atoms with Crippen LogP contribution in [0.25, 0.3) is 0 Å². The average molecular weight is 228 g/mol. The maximum absolute atomic E-state index is 11.6. The molecule has 0 fully saturated rings. The first-order chi connectivity index (χ1) is 7.27. The molecule has 0 bridgehead atoms. The lowest BCUT2D eigenvalue weighted by atomic mass is 10.2. The van der Waals surface area contributed by atoms with Crippen LogP contribution in [0, 0.1) is 0 Å². The molecule has 0 saturated carbocycles. The average Bonchev–Trinajstić information content (AvgIpc) is 2.27. The Bertz CT molecular complexity index is 331. The van der Waals surface area contributed by atoms with Crippen molar-refractivity contribution in [1.29, 1.82) is 0 Å². The van der Waals surface area contributed by atoms with Crippen molar-refractivity contribution in [2.45, 2.75) is 12.3 Å². The van der Waals surface area contributed by atoms with Gasteiger partial charge in [0.15, 0.2) is 0 Å². The Labute approximate surface area is 92.3 Å². The molecule has 0 spiro atoms. The highest BCUT2D eigenvalue weighted by Crippen LogP contribution is 2.07. The first kappa shape index (κ1) is 12.3. The summed E-state index contributed by atoms with van der Waals surface area (Å²) in [6, 6.07) is 3.75. The summed E-state index contributed by atoms with van der Waals surface area (Å²) in [4.78, 5) is 4.14. The van der Waals surface area contributed by atoms with Gasteiger partial charge in [-0.3, -0.25) is 9.19 Å². The molecule has 0 saturated heterocycles. The van der Waals surface area contributed by atoms with E-state index < -0.39 is 10.8 Å². The molecule has 4 nitrogen and oxygen atoms in total. The predicted molar refractivity (Wildman–Crippen MR) is 60.7 cm³/mol. The predicted octanol–water partition coefficient (Wildman–Crippen LogP) is 0.435. The number of aromatic nitrogens is 1. The molecule has 1 aromatic heterocycles. The first-order valence-electron chi connectivity index (χ1n) is 4.74. The van der Waals surface area contributed by atoms with Crippen LogP contribution in [0.3, 0.4) is 0 Å². The van der Waals surface area contributed by atoms with Gasteiger partial charge in [0.25, 0.3) is 0 Å². The fraction of sp³-hybridized carbons (Fsp3) is 0.500. The fourth-order valence-corrected chi connectivity index (χ4v) is 2.32. The fourth-order valence-electron chi connectivity index (χ4n) is 1.21. The Hall–Kier alpha value is -0.780. The summed E-state index contributed by atoms with van der Waals surface area (Å²) in [6.07, 6.45) is 1.70. The Balaban J connectivity index is 2.59. The molecule has 0 aliphatic carbocycles. The van der Waals surface area contributed by atoms with Crippen molar-refractivity contribution in [3.8, 4) is 0 Å². The van der Waals surface area contributed by atoms with Gasteiger partial charge in [0.2, 0.25) is 0 Å². The highest BCUT2D eigenvalue weighted by molar-refractivity contribution is 7.84. The minimum atomic E-state index is -0.903. The molecule has 0 aliphatic heterocycles. The highest BCUT2D eigenvalue weighted by atomic mass is 32.2. The van der Waals surface area contributed by atoms with Crippen molar-refractivity contribution >= 4 is 10.8 Å². The summed E-state index contributed by atoms with van der Waals surface area (Å²) in [5.74, 6) is 1.05. The van der Waals surface area contributed by atoms with E-state index in [9.17, 15) is 4.21 Å². The zero-order valence-electron chi connectivity index (χ0n) is 8.81. The molecule has 15 heavy (non-hydrogen) atoms. The Kier molecular flexibility index (Phi) is 5.45. The Morgan fingerprint density at radius 1 is 1.60 bits per heavy atom. The third kappa shape index (κ3) is 4.07. The van der Waals surface area contributed by atoms with Crippen LogP contribution in [0.2, 0.25) is 0 Å². The van der Waals surface area contributed by atoms with Gasteiger partial charge >= 0.3 is 0 Å². The van der Waals surface area contributed by atoms with Crippen LogP contribution >= 0.6 is 0 Å². The van der Waals surface area contributed by atoms with Crippen molar-refractivity contribution in [2.24, 2.45) is 5.73 Å². The number of pyridine rings is 1. The van der Waals surface area contributed by atoms with E-state index >= 15 is 0 Å². The van der Waals surface area contributed by atoms with Crippen LogP contribution in [0.4, 0.5) is 0 Å². The van der Waals surface area contributed by atoms with Gasteiger partial charge in [-0.1, -0.05) is 6.07 Å². The Morgan fingerprint density at radius 3 is 3.07 bits per heavy atom. The zero-order chi connectivity index (χ0) is 11.1. The van der Waals surface area contributed by atoms with Crippen molar-refractivity contribution < 1.29 is 8.95 Å². The molecule has 0 amide bonds. The smallest absolute Gasteiger partial charge is 0.0580 e. The maximum Gasteiger partial charge on any atom is 0.0580 e. The summed E-state index contributed by atoms with van der Waals surface area (Å²) in [6.45, 7) is 0.905. The van der Waals surface area contributed by atoms with E-state index in [1.165, 1.54) is 0 Å². The molecule has 84 valence electrons. The van der Waals surface area contributed by atoms with Gasteiger partial charge in [-0.2, -0.15) is 0 Å². The third-order valence-electron chi connectivity index (χ3n) is 2.01. The van der Waals surface area contributed by atoms with E-state index in [2.05, 4.69) is 4.98 Å². The lowest BCUT2D eigenvalue weighted by Crippen LogP contribution is -2.10. The van der Waals surface area contributed by atoms with E-state index in [-0.39, 0.29) is 0 Å². The molecule has 0 aromatic carbocycles. The molecule has 1 unspecified atom stereocenters. The minimum Gasteiger partial charge on any atom is -0.384 e. The monoisotopic (exact) mass is 228 g/mol. The number of nitrogens with zero attached hydrogens (tertiary/aromatic N) is 1. The third-order valence-corrected chi connectivity index (χ3v) is 3.26. The van der Waals surface area contributed by atoms with Gasteiger partial charge in [-0.15, -0.1) is 0 Å². The minimum absolute atomic E-state index is 0.387. The second-order valence-electron chi connectivity index (χ2n) is 3.09. The summed E-state index contributed by atoms with van der Waals surface area (Å²) in [7, 11) is 0.700. The summed E-state index contributed by atoms with van der Waals surface area (Å²) < 4.78 is 16.5. The normalized spacial score (nSPS) is 12.7. The van der Waals surface area contributed by atoms with E-state index in [0.717, 1.165) is 11.3 Å². The molecule has 1 heterocycles. The SMILES string of the molecule is COCCS(=O)Cc1cccnc1CN. The van der Waals surface area contributed by atoms with Crippen LogP contribution in [0.1, 0.15) is 11.3 Å². The van der Waals surface area contributed by atoms with Crippen molar-refractivity contribution in [3.63, 3.8) is 0 Å². The number of nitrogens with two attached hydrogens (primary N) is 1. The highest BCUT2D eigenvalue weighted by Gasteiger charge is 2.06. The van der Waals surface area contributed by atoms with Gasteiger partial charge < -0.3 is 10.5 Å². The van der Waals surface area contributed by atoms with Gasteiger partial charge in [-0.25, -0.2) is 0 Å². The molecule has 5 heteroatoms. The second-order valence-corrected chi connectivity index (χ2v) is 4.67. The van der Waals surface area contributed by atoms with Gasteiger partial charge in [-0.05, 0) is 11.6 Å². The van der Waals surface area contributed by atoms with Gasteiger partial charge in [0.05, 0.1) is 18.1 Å². The Morgan fingerprint density at radius 2 is 2.40 bits per heavy atom. The molecule has 0 radical (unpaired) electrons. The quantitative estimate of drug-likeness (QED) is 0.767. The molecule has 0 aliphatic rings. The van der Waals surface area contributed by atoms with Crippen molar-refractivity contribution in [3.05, 3.63) is 29.6 Å². The summed E-state index contributed by atoms with van der Waals surface area (Å²) in [5.41, 5.74) is 7.33. The zero-order valence-corrected chi connectivity index (χ0v) is 9.63. The molecular formula is C10H16N2O2S. The van der Waals surface area contributed by atoms with E-state index in [1.54, 1.807) is 13.3 Å². The summed E-state index contributed by atoms with van der Waals surface area (Å²) in [5, 5.41) is 0. The van der Waals surface area contributed by atoms with Crippen LogP contribution in [0.15, 0.2) is 18.3 Å². The number of methoxy groups -OCH3 is 1. The summed E-state index contributed by atoms with van der Waals surface area (Å²) >= 11 is 0. The number of hydrogen-bond acceptors (Lipinski definition) is 4. The van der Waals surface area contributed by atoms with Crippen molar-refractivity contribution in [1.82, 2.24) is 4.98 Å². The van der Waals surface area contributed by atoms with E-state index in [4.69, 9.17) is 10.5 Å². The molecule has 1 aromatic rings. The van der Waals surface area contributed by atoms with Crippen LogP contribution < -0.4 is 5.73 Å². The van der Waals surface area contributed by atoms with E-state index in [0.29, 0.717) is 24.7 Å². The standard InChI is InChI=1S/C10H16N2O2S/c1-14-5-6-15(13)8-9-3-2-4-12-10(9)7-11/h2-4H,5-8,11H2,1H3. The lowest BCUT2D eigenvalue weighted by molar-refractivity contribution is 0.218. The van der Waals surface area contributed by atoms with Crippen LogP contribution in [-0.2, 0) is 27.8 Å². The van der Waals surface area contributed by atoms with Crippen molar-refractivity contribution in [2.75, 3.05) is 19.5 Å². The van der Waals surface area contributed by atoms with Gasteiger partial charge in [0.1, 0.15) is 0 Å². The van der Waals surface area contributed by atoms with E-state index in [1.807, 2.05) is 12.1 Å². The second kappa shape index (κ2) is 6.66. The molecular weight excluding hydrogens is 212 g/mol. The topological polar surface area (TPSA) is 65.2 Å². The number of hydrogen-bond donors (Lipinski definition) is 1. The first-order valence-corrected chi connectivity index (χ1v) is 6.23. The lowest BCUT2D eigenvalue weighted by Gasteiger charge is -2.06. The van der Waals surface area contributed by atoms with Crippen LogP contribution in [0.5, 0.6) is 0 Å². The number of rotatable bonds is 6. The molecule has 2 N–H and O–H groups in total. The maximum atomic E-state index is 11.6. The van der Waals surface area contributed by atoms with Crippen LogP contribution in [-0.4, -0.2) is 28.7 Å². The molecule has 1 atom stereocenters.